The quantitative estimate of drug-likeness (QED) is 0.326. The highest BCUT2D eigenvalue weighted by atomic mass is 16.5. The van der Waals surface area contributed by atoms with Gasteiger partial charge in [0.25, 0.3) is 0 Å². The van der Waals surface area contributed by atoms with E-state index in [0.717, 1.165) is 12.3 Å². The van der Waals surface area contributed by atoms with E-state index in [4.69, 9.17) is 0 Å². The Morgan fingerprint density at radius 1 is 0.895 bits per heavy atom. The smallest absolute Gasteiger partial charge is 0.305 e. The summed E-state index contributed by atoms with van der Waals surface area (Å²) in [5, 5.41) is 0. The highest BCUT2D eigenvalue weighted by Crippen LogP contribution is 2.15. The molecule has 0 spiro atoms. The first kappa shape index (κ1) is 18.5. The molecular formula is C17H34O2. The van der Waals surface area contributed by atoms with E-state index < -0.39 is 0 Å². The van der Waals surface area contributed by atoms with Crippen molar-refractivity contribution in [3.63, 3.8) is 0 Å². The number of rotatable bonds is 13. The number of unbranched alkanes of at least 4 members (excludes halogenated alkanes) is 8. The molecule has 0 saturated carbocycles. The van der Waals surface area contributed by atoms with E-state index in [1.807, 2.05) is 0 Å². The van der Waals surface area contributed by atoms with Gasteiger partial charge in [-0.15, -0.1) is 0 Å². The normalized spacial score (nSPS) is 12.4. The molecule has 0 amide bonds. The van der Waals surface area contributed by atoms with E-state index >= 15 is 0 Å². The number of methoxy groups -OCH3 is 1. The summed E-state index contributed by atoms with van der Waals surface area (Å²) in [5.74, 6) is 0.844. The van der Waals surface area contributed by atoms with Crippen LogP contribution in [-0.2, 0) is 9.53 Å². The molecule has 0 bridgehead atoms. The van der Waals surface area contributed by atoms with Gasteiger partial charge in [0.1, 0.15) is 0 Å². The molecule has 0 unspecified atom stereocenters. The van der Waals surface area contributed by atoms with Gasteiger partial charge in [-0.3, -0.25) is 4.79 Å². The number of carbonyl (C=O) groups is 1. The van der Waals surface area contributed by atoms with Crippen molar-refractivity contribution in [3.8, 4) is 0 Å². The Morgan fingerprint density at radius 3 is 1.84 bits per heavy atom. The maximum atomic E-state index is 10.9. The maximum Gasteiger partial charge on any atom is 0.305 e. The summed E-state index contributed by atoms with van der Waals surface area (Å²) in [6.07, 6.45) is 15.0. The third-order valence-corrected chi connectivity index (χ3v) is 4.00. The van der Waals surface area contributed by atoms with Crippen molar-refractivity contribution >= 4 is 5.97 Å². The standard InChI is InChI=1S/C17H34O2/c1-4-16(2)14-12-10-8-6-5-7-9-11-13-15-17(18)19-3/h16H,4-15H2,1-3H3/t16-/m0/s1. The molecule has 0 aliphatic heterocycles. The third kappa shape index (κ3) is 13.7. The van der Waals surface area contributed by atoms with Crippen LogP contribution >= 0.6 is 0 Å². The van der Waals surface area contributed by atoms with E-state index in [1.54, 1.807) is 0 Å². The zero-order chi connectivity index (χ0) is 14.3. The molecular weight excluding hydrogens is 236 g/mol. The molecule has 0 aromatic heterocycles. The van der Waals surface area contributed by atoms with Gasteiger partial charge in [0, 0.05) is 6.42 Å². The molecule has 19 heavy (non-hydrogen) atoms. The van der Waals surface area contributed by atoms with Crippen molar-refractivity contribution in [1.82, 2.24) is 0 Å². The molecule has 0 radical (unpaired) electrons. The first-order valence-corrected chi connectivity index (χ1v) is 8.27. The summed E-state index contributed by atoms with van der Waals surface area (Å²) >= 11 is 0. The van der Waals surface area contributed by atoms with Gasteiger partial charge in [0.05, 0.1) is 7.11 Å². The van der Waals surface area contributed by atoms with Crippen LogP contribution in [0.1, 0.15) is 90.9 Å². The number of ether oxygens (including phenoxy) is 1. The molecule has 0 fully saturated rings. The lowest BCUT2D eigenvalue weighted by molar-refractivity contribution is -0.140. The minimum absolute atomic E-state index is 0.0682. The lowest BCUT2D eigenvalue weighted by atomic mass is 9.99. The van der Waals surface area contributed by atoms with Crippen molar-refractivity contribution in [2.45, 2.75) is 90.9 Å². The molecule has 114 valence electrons. The zero-order valence-corrected chi connectivity index (χ0v) is 13.4. The molecule has 0 N–H and O–H groups in total. The predicted molar refractivity (Wildman–Crippen MR) is 82.3 cm³/mol. The molecule has 2 nitrogen and oxygen atoms in total. The molecule has 0 heterocycles. The second-order valence-electron chi connectivity index (χ2n) is 5.81. The van der Waals surface area contributed by atoms with Crippen molar-refractivity contribution in [3.05, 3.63) is 0 Å². The van der Waals surface area contributed by atoms with E-state index in [0.29, 0.717) is 6.42 Å². The van der Waals surface area contributed by atoms with E-state index in [-0.39, 0.29) is 5.97 Å². The van der Waals surface area contributed by atoms with E-state index in [1.165, 1.54) is 71.3 Å². The van der Waals surface area contributed by atoms with Crippen LogP contribution < -0.4 is 0 Å². The minimum Gasteiger partial charge on any atom is -0.469 e. The van der Waals surface area contributed by atoms with Crippen molar-refractivity contribution in [2.75, 3.05) is 7.11 Å². The first-order valence-electron chi connectivity index (χ1n) is 8.27. The Labute approximate surface area is 120 Å². The number of carbonyl (C=O) groups excluding carboxylic acids is 1. The van der Waals surface area contributed by atoms with Crippen LogP contribution in [-0.4, -0.2) is 13.1 Å². The van der Waals surface area contributed by atoms with Crippen LogP contribution in [0, 0.1) is 5.92 Å². The Bertz CT molecular complexity index is 201. The zero-order valence-electron chi connectivity index (χ0n) is 13.4. The largest absolute Gasteiger partial charge is 0.469 e. The highest BCUT2D eigenvalue weighted by molar-refractivity contribution is 5.68. The molecule has 0 aliphatic rings. The van der Waals surface area contributed by atoms with Gasteiger partial charge in [-0.2, -0.15) is 0 Å². The van der Waals surface area contributed by atoms with Crippen molar-refractivity contribution < 1.29 is 9.53 Å². The van der Waals surface area contributed by atoms with Crippen molar-refractivity contribution in [1.29, 1.82) is 0 Å². The van der Waals surface area contributed by atoms with Gasteiger partial charge in [0.2, 0.25) is 0 Å². The summed E-state index contributed by atoms with van der Waals surface area (Å²) in [6, 6.07) is 0. The second-order valence-corrected chi connectivity index (χ2v) is 5.81. The molecule has 0 saturated heterocycles. The summed E-state index contributed by atoms with van der Waals surface area (Å²) in [6.45, 7) is 4.64. The Morgan fingerprint density at radius 2 is 1.37 bits per heavy atom. The molecule has 1 atom stereocenters. The SMILES string of the molecule is CC[C@H](C)CCCCCCCCCCCC(=O)OC. The topological polar surface area (TPSA) is 26.3 Å². The summed E-state index contributed by atoms with van der Waals surface area (Å²) < 4.78 is 4.62. The van der Waals surface area contributed by atoms with Gasteiger partial charge < -0.3 is 4.74 Å². The second kappa shape index (κ2) is 13.9. The van der Waals surface area contributed by atoms with Gasteiger partial charge in [-0.05, 0) is 12.3 Å². The molecule has 0 rings (SSSR count). The Kier molecular flexibility index (Phi) is 13.5. The summed E-state index contributed by atoms with van der Waals surface area (Å²) in [7, 11) is 1.46. The average Bonchev–Trinajstić information content (AvgIpc) is 2.43. The lowest BCUT2D eigenvalue weighted by Crippen LogP contribution is -1.99. The van der Waals surface area contributed by atoms with Gasteiger partial charge in [-0.25, -0.2) is 0 Å². The number of hydrogen-bond donors (Lipinski definition) is 0. The van der Waals surface area contributed by atoms with E-state index in [2.05, 4.69) is 18.6 Å². The van der Waals surface area contributed by atoms with Crippen LogP contribution in [0.2, 0.25) is 0 Å². The van der Waals surface area contributed by atoms with E-state index in [9.17, 15) is 4.79 Å². The molecule has 0 aromatic carbocycles. The van der Waals surface area contributed by atoms with Crippen LogP contribution in [0.3, 0.4) is 0 Å². The number of hydrogen-bond acceptors (Lipinski definition) is 2. The minimum atomic E-state index is -0.0682. The monoisotopic (exact) mass is 270 g/mol. The number of esters is 1. The van der Waals surface area contributed by atoms with Crippen LogP contribution in [0.25, 0.3) is 0 Å². The van der Waals surface area contributed by atoms with Gasteiger partial charge >= 0.3 is 5.97 Å². The molecule has 0 aliphatic carbocycles. The van der Waals surface area contributed by atoms with Crippen LogP contribution in [0.4, 0.5) is 0 Å². The summed E-state index contributed by atoms with van der Waals surface area (Å²) in [5.41, 5.74) is 0. The van der Waals surface area contributed by atoms with Crippen LogP contribution in [0.5, 0.6) is 0 Å². The van der Waals surface area contributed by atoms with Gasteiger partial charge in [-0.1, -0.05) is 78.1 Å². The van der Waals surface area contributed by atoms with Crippen molar-refractivity contribution in [2.24, 2.45) is 5.92 Å². The molecule has 0 aromatic rings. The lowest BCUT2D eigenvalue weighted by Gasteiger charge is -2.07. The molecule has 2 heteroatoms. The first-order chi connectivity index (χ1) is 9.20. The fourth-order valence-corrected chi connectivity index (χ4v) is 2.31. The van der Waals surface area contributed by atoms with Crippen LogP contribution in [0.15, 0.2) is 0 Å². The average molecular weight is 270 g/mol. The summed E-state index contributed by atoms with van der Waals surface area (Å²) in [4.78, 5) is 10.9. The Hall–Kier alpha value is -0.530. The highest BCUT2D eigenvalue weighted by Gasteiger charge is 2.00. The fraction of sp³-hybridized carbons (Fsp3) is 0.941. The maximum absolute atomic E-state index is 10.9. The predicted octanol–water partition coefficient (Wildman–Crippen LogP) is 5.50. The van der Waals surface area contributed by atoms with Gasteiger partial charge in [0.15, 0.2) is 0 Å². The third-order valence-electron chi connectivity index (χ3n) is 4.00. The fourth-order valence-electron chi connectivity index (χ4n) is 2.31. The Balaban J connectivity index is 3.05.